The smallest absolute Gasteiger partial charge is 0.257 e. The third-order valence-electron chi connectivity index (χ3n) is 5.54. The van der Waals surface area contributed by atoms with Gasteiger partial charge < -0.3 is 5.32 Å². The van der Waals surface area contributed by atoms with Crippen molar-refractivity contribution in [1.29, 1.82) is 0 Å². The van der Waals surface area contributed by atoms with Gasteiger partial charge in [0.15, 0.2) is 5.13 Å². The van der Waals surface area contributed by atoms with Gasteiger partial charge in [-0.15, -0.1) is 11.3 Å². The number of benzene rings is 2. The third-order valence-corrected chi connectivity index (χ3v) is 8.22. The number of hydrogen-bond donors (Lipinski definition) is 2. The molecule has 0 bridgehead atoms. The number of nitrogens with zero attached hydrogens (tertiary/aromatic N) is 2. The molecule has 4 rings (SSSR count). The van der Waals surface area contributed by atoms with Gasteiger partial charge in [0.25, 0.3) is 5.91 Å². The van der Waals surface area contributed by atoms with Crippen LogP contribution in [0.15, 0.2) is 58.8 Å². The SMILES string of the molecule is CC(=O)Nc1ccc(-c2csc(NC(=O)c3ccc(S(=O)(=O)N4CCCCCC4)cc3)n2)cc1. The zero-order chi connectivity index (χ0) is 24.1. The summed E-state index contributed by atoms with van der Waals surface area (Å²) >= 11 is 1.30. The maximum Gasteiger partial charge on any atom is 0.257 e. The molecule has 178 valence electrons. The van der Waals surface area contributed by atoms with Gasteiger partial charge in [0.05, 0.1) is 10.6 Å². The molecule has 1 aromatic heterocycles. The van der Waals surface area contributed by atoms with Crippen LogP contribution in [0.4, 0.5) is 10.8 Å². The summed E-state index contributed by atoms with van der Waals surface area (Å²) in [6, 6.07) is 13.3. The predicted molar refractivity (Wildman–Crippen MR) is 133 cm³/mol. The summed E-state index contributed by atoms with van der Waals surface area (Å²) in [7, 11) is -3.56. The molecule has 10 heteroatoms. The first kappa shape index (κ1) is 24.1. The van der Waals surface area contributed by atoms with E-state index in [1.165, 1.54) is 46.8 Å². The van der Waals surface area contributed by atoms with E-state index in [0.717, 1.165) is 31.2 Å². The molecule has 34 heavy (non-hydrogen) atoms. The van der Waals surface area contributed by atoms with Crippen LogP contribution in [0.2, 0.25) is 0 Å². The van der Waals surface area contributed by atoms with E-state index < -0.39 is 10.0 Å². The number of anilines is 2. The number of rotatable bonds is 6. The van der Waals surface area contributed by atoms with Crippen LogP contribution in [0.5, 0.6) is 0 Å². The van der Waals surface area contributed by atoms with E-state index in [4.69, 9.17) is 0 Å². The highest BCUT2D eigenvalue weighted by atomic mass is 32.2. The second kappa shape index (κ2) is 10.5. The lowest BCUT2D eigenvalue weighted by molar-refractivity contribution is -0.114. The normalized spacial score (nSPS) is 14.9. The first-order valence-corrected chi connectivity index (χ1v) is 13.4. The third kappa shape index (κ3) is 5.69. The number of carbonyl (C=O) groups excluding carboxylic acids is 2. The molecular weight excluding hydrogens is 472 g/mol. The van der Waals surface area contributed by atoms with E-state index in [9.17, 15) is 18.0 Å². The van der Waals surface area contributed by atoms with Crippen molar-refractivity contribution in [3.63, 3.8) is 0 Å². The number of sulfonamides is 1. The van der Waals surface area contributed by atoms with Crippen molar-refractivity contribution in [3.8, 4) is 11.3 Å². The average molecular weight is 499 g/mol. The van der Waals surface area contributed by atoms with E-state index in [1.807, 2.05) is 17.5 Å². The van der Waals surface area contributed by atoms with Gasteiger partial charge in [-0.3, -0.25) is 14.9 Å². The minimum atomic E-state index is -3.56. The van der Waals surface area contributed by atoms with Crippen LogP contribution in [-0.4, -0.2) is 42.6 Å². The second-order valence-electron chi connectivity index (χ2n) is 8.09. The minimum absolute atomic E-state index is 0.140. The van der Waals surface area contributed by atoms with Gasteiger partial charge in [-0.1, -0.05) is 25.0 Å². The Balaban J connectivity index is 1.41. The standard InChI is InChI=1S/C24H26N4O4S2/c1-17(29)25-20-10-6-18(7-11-20)22-16-33-24(26-22)27-23(30)19-8-12-21(13-9-19)34(31,32)28-14-4-2-3-5-15-28/h6-13,16H,2-5,14-15H2,1H3,(H,25,29)(H,26,27,30). The molecule has 3 aromatic rings. The topological polar surface area (TPSA) is 108 Å². The number of hydrogen-bond acceptors (Lipinski definition) is 6. The van der Waals surface area contributed by atoms with E-state index in [2.05, 4.69) is 15.6 Å². The van der Waals surface area contributed by atoms with Gasteiger partial charge in [-0.05, 0) is 49.2 Å². The molecule has 2 heterocycles. The molecule has 1 saturated heterocycles. The fraction of sp³-hybridized carbons (Fsp3) is 0.292. The molecule has 2 aromatic carbocycles. The number of thiazole rings is 1. The zero-order valence-corrected chi connectivity index (χ0v) is 20.4. The molecule has 1 aliphatic rings. The van der Waals surface area contributed by atoms with Crippen LogP contribution in [-0.2, 0) is 14.8 Å². The Morgan fingerprint density at radius 3 is 2.18 bits per heavy atom. The molecule has 0 saturated carbocycles. The van der Waals surface area contributed by atoms with Crippen molar-refractivity contribution in [1.82, 2.24) is 9.29 Å². The Morgan fingerprint density at radius 1 is 0.912 bits per heavy atom. The lowest BCUT2D eigenvalue weighted by Crippen LogP contribution is -2.31. The Hall–Kier alpha value is -3.08. The summed E-state index contributed by atoms with van der Waals surface area (Å²) in [5, 5.41) is 7.75. The van der Waals surface area contributed by atoms with Crippen molar-refractivity contribution in [3.05, 3.63) is 59.5 Å². The Bertz CT molecular complexity index is 1260. The number of amides is 2. The Morgan fingerprint density at radius 2 is 1.56 bits per heavy atom. The van der Waals surface area contributed by atoms with Gasteiger partial charge in [0.1, 0.15) is 0 Å². The van der Waals surface area contributed by atoms with Gasteiger partial charge >= 0.3 is 0 Å². The van der Waals surface area contributed by atoms with Crippen LogP contribution < -0.4 is 10.6 Å². The summed E-state index contributed by atoms with van der Waals surface area (Å²) in [6.45, 7) is 2.52. The molecule has 0 unspecified atom stereocenters. The van der Waals surface area contributed by atoms with Crippen LogP contribution in [0.25, 0.3) is 11.3 Å². The summed E-state index contributed by atoms with van der Waals surface area (Å²) < 4.78 is 27.4. The first-order chi connectivity index (χ1) is 16.3. The van der Waals surface area contributed by atoms with Gasteiger partial charge in [0.2, 0.25) is 15.9 Å². The molecule has 8 nitrogen and oxygen atoms in total. The maximum absolute atomic E-state index is 12.9. The summed E-state index contributed by atoms with van der Waals surface area (Å²) in [5.41, 5.74) is 2.61. The van der Waals surface area contributed by atoms with Crippen LogP contribution in [0, 0.1) is 0 Å². The zero-order valence-electron chi connectivity index (χ0n) is 18.8. The van der Waals surface area contributed by atoms with Gasteiger partial charge in [-0.2, -0.15) is 4.31 Å². The summed E-state index contributed by atoms with van der Waals surface area (Å²) in [6.07, 6.45) is 3.84. The highest BCUT2D eigenvalue weighted by molar-refractivity contribution is 7.89. The highest BCUT2D eigenvalue weighted by Gasteiger charge is 2.25. The quantitative estimate of drug-likeness (QED) is 0.517. The van der Waals surface area contributed by atoms with Gasteiger partial charge in [-0.25, -0.2) is 13.4 Å². The molecular formula is C24H26N4O4S2. The van der Waals surface area contributed by atoms with Crippen LogP contribution >= 0.6 is 11.3 Å². The molecule has 0 radical (unpaired) electrons. The van der Waals surface area contributed by atoms with E-state index in [-0.39, 0.29) is 16.7 Å². The number of nitrogens with one attached hydrogen (secondary N) is 2. The number of carbonyl (C=O) groups is 2. The Kier molecular flexibility index (Phi) is 7.40. The fourth-order valence-corrected chi connectivity index (χ4v) is 6.00. The first-order valence-electron chi connectivity index (χ1n) is 11.1. The highest BCUT2D eigenvalue weighted by Crippen LogP contribution is 2.27. The van der Waals surface area contributed by atoms with Crippen LogP contribution in [0.1, 0.15) is 43.0 Å². The molecule has 1 fully saturated rings. The van der Waals surface area contributed by atoms with Crippen molar-refractivity contribution in [2.45, 2.75) is 37.5 Å². The summed E-state index contributed by atoms with van der Waals surface area (Å²) in [5.74, 6) is -0.500. The van der Waals surface area contributed by atoms with Crippen molar-refractivity contribution in [2.24, 2.45) is 0 Å². The minimum Gasteiger partial charge on any atom is -0.326 e. The maximum atomic E-state index is 12.9. The molecule has 2 N–H and O–H groups in total. The Labute approximate surface area is 203 Å². The lowest BCUT2D eigenvalue weighted by atomic mass is 10.1. The molecule has 0 spiro atoms. The van der Waals surface area contributed by atoms with Crippen molar-refractivity contribution < 1.29 is 18.0 Å². The van der Waals surface area contributed by atoms with Crippen molar-refractivity contribution in [2.75, 3.05) is 23.7 Å². The fourth-order valence-electron chi connectivity index (χ4n) is 3.77. The predicted octanol–water partition coefficient (Wildman–Crippen LogP) is 4.59. The molecule has 1 aliphatic heterocycles. The monoisotopic (exact) mass is 498 g/mol. The average Bonchev–Trinajstić information content (AvgIpc) is 3.10. The van der Waals surface area contributed by atoms with E-state index in [1.54, 1.807) is 12.1 Å². The molecule has 2 amide bonds. The number of aromatic nitrogens is 1. The largest absolute Gasteiger partial charge is 0.326 e. The van der Waals surface area contributed by atoms with Crippen molar-refractivity contribution >= 4 is 44.0 Å². The van der Waals surface area contributed by atoms with E-state index >= 15 is 0 Å². The van der Waals surface area contributed by atoms with Crippen LogP contribution in [0.3, 0.4) is 0 Å². The summed E-state index contributed by atoms with van der Waals surface area (Å²) in [4.78, 5) is 28.5. The second-order valence-corrected chi connectivity index (χ2v) is 10.9. The molecule has 0 atom stereocenters. The lowest BCUT2D eigenvalue weighted by Gasteiger charge is -2.20. The van der Waals surface area contributed by atoms with Gasteiger partial charge in [0, 0.05) is 42.2 Å². The molecule has 0 aliphatic carbocycles. The van der Waals surface area contributed by atoms with E-state index in [0.29, 0.717) is 35.2 Å².